The van der Waals surface area contributed by atoms with Crippen LogP contribution in [0.5, 0.6) is 0 Å². The maximum atomic E-state index is 4.84. The molecule has 0 radical (unpaired) electrons. The first kappa shape index (κ1) is 17.4. The van der Waals surface area contributed by atoms with Gasteiger partial charge in [0.1, 0.15) is 11.2 Å². The fourth-order valence-electron chi connectivity index (χ4n) is 3.75. The Balaban J connectivity index is 1.52. The summed E-state index contributed by atoms with van der Waals surface area (Å²) in [7, 11) is 0. The molecule has 0 atom stereocenters. The van der Waals surface area contributed by atoms with Crippen LogP contribution in [0.1, 0.15) is 5.56 Å². The van der Waals surface area contributed by atoms with E-state index in [0.717, 1.165) is 44.4 Å². The van der Waals surface area contributed by atoms with Crippen LogP contribution < -0.4 is 0 Å². The molecule has 8 heteroatoms. The second-order valence-corrected chi connectivity index (χ2v) is 7.27. The van der Waals surface area contributed by atoms with Gasteiger partial charge in [0.2, 0.25) is 0 Å². The van der Waals surface area contributed by atoms with Crippen molar-refractivity contribution >= 4 is 22.1 Å². The molecule has 0 spiro atoms. The van der Waals surface area contributed by atoms with Crippen molar-refractivity contribution in [3.05, 3.63) is 73.1 Å². The Labute approximate surface area is 176 Å². The number of fused-ring (bicyclic) bond motifs is 2. The van der Waals surface area contributed by atoms with E-state index in [0.29, 0.717) is 17.2 Å². The summed E-state index contributed by atoms with van der Waals surface area (Å²) in [5, 5.41) is 8.38. The largest absolute Gasteiger partial charge is 0.335 e. The van der Waals surface area contributed by atoms with Crippen LogP contribution in [0.2, 0.25) is 0 Å². The first-order valence-electron chi connectivity index (χ1n) is 9.78. The topological polar surface area (TPSA) is 109 Å². The second-order valence-electron chi connectivity index (χ2n) is 7.27. The Bertz CT molecular complexity index is 1550. The molecule has 0 aliphatic heterocycles. The summed E-state index contributed by atoms with van der Waals surface area (Å²) in [6, 6.07) is 9.83. The SMILES string of the molecule is Cc1ccncc1-c1cnc2[nH]nc(-c3nc4c(-c5ccccn5)cncc4[nH]3)c2c1. The van der Waals surface area contributed by atoms with Crippen LogP contribution in [-0.4, -0.2) is 40.1 Å². The molecule has 6 rings (SSSR count). The number of nitrogens with one attached hydrogen (secondary N) is 2. The summed E-state index contributed by atoms with van der Waals surface area (Å²) in [6.07, 6.45) is 10.8. The number of hydrogen-bond acceptors (Lipinski definition) is 6. The quantitative estimate of drug-likeness (QED) is 0.454. The number of aromatic amines is 2. The molecule has 6 aromatic heterocycles. The lowest BCUT2D eigenvalue weighted by Gasteiger charge is -2.04. The van der Waals surface area contributed by atoms with Gasteiger partial charge in [-0.05, 0) is 36.8 Å². The monoisotopic (exact) mass is 404 g/mol. The van der Waals surface area contributed by atoms with Crippen LogP contribution in [0.25, 0.3) is 56.0 Å². The zero-order valence-electron chi connectivity index (χ0n) is 16.5. The van der Waals surface area contributed by atoms with Crippen molar-refractivity contribution in [3.8, 4) is 33.9 Å². The van der Waals surface area contributed by atoms with Gasteiger partial charge < -0.3 is 4.98 Å². The third kappa shape index (κ3) is 2.84. The predicted molar refractivity (Wildman–Crippen MR) is 118 cm³/mol. The fraction of sp³-hybridized carbons (Fsp3) is 0.0435. The highest BCUT2D eigenvalue weighted by molar-refractivity contribution is 5.96. The van der Waals surface area contributed by atoms with Gasteiger partial charge in [-0.1, -0.05) is 6.07 Å². The van der Waals surface area contributed by atoms with Crippen molar-refractivity contribution in [1.29, 1.82) is 0 Å². The summed E-state index contributed by atoms with van der Waals surface area (Å²) in [6.45, 7) is 2.06. The van der Waals surface area contributed by atoms with Gasteiger partial charge >= 0.3 is 0 Å². The standard InChI is InChI=1S/C23H16N8/c1-13-5-7-24-10-16(13)14-8-15-21(30-31-22(15)27-9-14)23-28-19-12-25-11-17(20(19)29-23)18-4-2-3-6-26-18/h2-12H,1H3,(H,28,29)(H,27,30,31). The Morgan fingerprint density at radius 1 is 0.871 bits per heavy atom. The van der Waals surface area contributed by atoms with Crippen LogP contribution in [-0.2, 0) is 0 Å². The van der Waals surface area contributed by atoms with Crippen LogP contribution in [0.15, 0.2) is 67.5 Å². The lowest BCUT2D eigenvalue weighted by atomic mass is 10.0. The van der Waals surface area contributed by atoms with E-state index in [4.69, 9.17) is 4.98 Å². The molecule has 0 unspecified atom stereocenters. The zero-order chi connectivity index (χ0) is 20.8. The molecule has 0 bridgehead atoms. The Kier molecular flexibility index (Phi) is 3.82. The highest BCUT2D eigenvalue weighted by Gasteiger charge is 2.17. The number of imidazole rings is 1. The fourth-order valence-corrected chi connectivity index (χ4v) is 3.75. The molecule has 31 heavy (non-hydrogen) atoms. The van der Waals surface area contributed by atoms with E-state index in [1.807, 2.05) is 36.7 Å². The van der Waals surface area contributed by atoms with Crippen LogP contribution >= 0.6 is 0 Å². The molecule has 0 aliphatic carbocycles. The number of rotatable bonds is 3. The summed E-state index contributed by atoms with van der Waals surface area (Å²) in [5.74, 6) is 0.647. The van der Waals surface area contributed by atoms with E-state index in [1.165, 1.54) is 0 Å². The van der Waals surface area contributed by atoms with Crippen molar-refractivity contribution in [2.24, 2.45) is 0 Å². The Hall–Kier alpha value is -4.46. The zero-order valence-corrected chi connectivity index (χ0v) is 16.5. The average Bonchev–Trinajstić information content (AvgIpc) is 3.43. The maximum absolute atomic E-state index is 4.84. The van der Waals surface area contributed by atoms with E-state index in [-0.39, 0.29) is 0 Å². The molecule has 0 saturated carbocycles. The van der Waals surface area contributed by atoms with Gasteiger partial charge in [0, 0.05) is 47.7 Å². The molecule has 0 fully saturated rings. The number of aryl methyl sites for hydroxylation is 1. The van der Waals surface area contributed by atoms with Gasteiger partial charge in [-0.3, -0.25) is 20.1 Å². The summed E-state index contributed by atoms with van der Waals surface area (Å²) in [4.78, 5) is 25.8. The van der Waals surface area contributed by atoms with Gasteiger partial charge in [0.25, 0.3) is 0 Å². The highest BCUT2D eigenvalue weighted by atomic mass is 15.2. The minimum absolute atomic E-state index is 0.647. The predicted octanol–water partition coefficient (Wildman–Crippen LogP) is 4.33. The number of aromatic nitrogens is 8. The van der Waals surface area contributed by atoms with E-state index < -0.39 is 0 Å². The lowest BCUT2D eigenvalue weighted by Crippen LogP contribution is -1.87. The first-order valence-corrected chi connectivity index (χ1v) is 9.78. The molecule has 2 N–H and O–H groups in total. The molecule has 0 aliphatic rings. The third-order valence-electron chi connectivity index (χ3n) is 5.33. The van der Waals surface area contributed by atoms with Crippen molar-refractivity contribution in [1.82, 2.24) is 40.1 Å². The number of hydrogen-bond donors (Lipinski definition) is 2. The number of H-pyrrole nitrogens is 2. The molecular formula is C23H16N8. The summed E-state index contributed by atoms with van der Waals surface area (Å²) in [5.41, 5.74) is 7.86. The molecule has 0 aromatic carbocycles. The normalized spacial score (nSPS) is 11.4. The second kappa shape index (κ2) is 6.81. The third-order valence-corrected chi connectivity index (χ3v) is 5.33. The molecule has 6 heterocycles. The average molecular weight is 404 g/mol. The van der Waals surface area contributed by atoms with Gasteiger partial charge in [-0.2, -0.15) is 5.10 Å². The van der Waals surface area contributed by atoms with E-state index in [2.05, 4.69) is 48.1 Å². The molecule has 0 amide bonds. The number of pyridine rings is 4. The molecule has 148 valence electrons. The van der Waals surface area contributed by atoms with Gasteiger partial charge in [-0.15, -0.1) is 0 Å². The molecule has 0 saturated heterocycles. The molecular weight excluding hydrogens is 388 g/mol. The van der Waals surface area contributed by atoms with E-state index in [1.54, 1.807) is 24.8 Å². The van der Waals surface area contributed by atoms with Gasteiger partial charge in [-0.25, -0.2) is 9.97 Å². The van der Waals surface area contributed by atoms with Crippen LogP contribution in [0.3, 0.4) is 0 Å². The van der Waals surface area contributed by atoms with Crippen LogP contribution in [0, 0.1) is 6.92 Å². The van der Waals surface area contributed by atoms with Gasteiger partial charge in [0.15, 0.2) is 11.5 Å². The lowest BCUT2D eigenvalue weighted by molar-refractivity contribution is 1.09. The maximum Gasteiger partial charge on any atom is 0.159 e. The van der Waals surface area contributed by atoms with Crippen molar-refractivity contribution < 1.29 is 0 Å². The Morgan fingerprint density at radius 3 is 2.68 bits per heavy atom. The number of nitrogens with zero attached hydrogens (tertiary/aromatic N) is 6. The highest BCUT2D eigenvalue weighted by Crippen LogP contribution is 2.31. The van der Waals surface area contributed by atoms with E-state index in [9.17, 15) is 0 Å². The van der Waals surface area contributed by atoms with Crippen LogP contribution in [0.4, 0.5) is 0 Å². The van der Waals surface area contributed by atoms with Crippen molar-refractivity contribution in [2.45, 2.75) is 6.92 Å². The minimum Gasteiger partial charge on any atom is -0.335 e. The Morgan fingerprint density at radius 2 is 1.81 bits per heavy atom. The molecule has 8 nitrogen and oxygen atoms in total. The van der Waals surface area contributed by atoms with Crippen molar-refractivity contribution in [3.63, 3.8) is 0 Å². The van der Waals surface area contributed by atoms with E-state index >= 15 is 0 Å². The minimum atomic E-state index is 0.647. The molecule has 6 aromatic rings. The summed E-state index contributed by atoms with van der Waals surface area (Å²) < 4.78 is 0. The smallest absolute Gasteiger partial charge is 0.159 e. The summed E-state index contributed by atoms with van der Waals surface area (Å²) >= 11 is 0. The first-order chi connectivity index (χ1) is 15.3. The van der Waals surface area contributed by atoms with Gasteiger partial charge in [0.05, 0.1) is 22.8 Å². The van der Waals surface area contributed by atoms with Crippen molar-refractivity contribution in [2.75, 3.05) is 0 Å².